The Kier molecular flexibility index (Phi) is 4.75. The molecule has 5 heteroatoms. The molecule has 0 aliphatic heterocycles. The van der Waals surface area contributed by atoms with E-state index in [2.05, 4.69) is 21.2 Å². The lowest BCUT2D eigenvalue weighted by Gasteiger charge is -2.07. The first kappa shape index (κ1) is 14.1. The van der Waals surface area contributed by atoms with Crippen molar-refractivity contribution in [2.24, 2.45) is 0 Å². The summed E-state index contributed by atoms with van der Waals surface area (Å²) in [4.78, 5) is 12.0. The minimum absolute atomic E-state index is 0.0237. The summed E-state index contributed by atoms with van der Waals surface area (Å²) in [5.74, 6) is 0.343. The highest BCUT2D eigenvalue weighted by molar-refractivity contribution is 9.10. The third kappa shape index (κ3) is 3.84. The zero-order chi connectivity index (χ0) is 14.4. The van der Waals surface area contributed by atoms with E-state index in [1.54, 1.807) is 48.5 Å². The second-order valence-corrected chi connectivity index (χ2v) is 4.85. The Labute approximate surface area is 125 Å². The fraction of sp³-hybridized carbons (Fsp3) is 0.0667. The number of halogens is 1. The van der Waals surface area contributed by atoms with Gasteiger partial charge >= 0.3 is 0 Å². The van der Waals surface area contributed by atoms with Crippen LogP contribution in [0.4, 0.5) is 5.69 Å². The molecule has 0 unspecified atom stereocenters. The molecule has 0 atom stereocenters. The van der Waals surface area contributed by atoms with E-state index in [9.17, 15) is 4.79 Å². The predicted octanol–water partition coefficient (Wildman–Crippen LogP) is 3.60. The number of rotatable bonds is 4. The number of nitrogens with zero attached hydrogens (tertiary/aromatic N) is 1. The van der Waals surface area contributed by atoms with Gasteiger partial charge in [-0.05, 0) is 36.4 Å². The van der Waals surface area contributed by atoms with Gasteiger partial charge in [0.05, 0.1) is 0 Å². The van der Waals surface area contributed by atoms with Gasteiger partial charge in [-0.1, -0.05) is 22.0 Å². The lowest BCUT2D eigenvalue weighted by Crippen LogP contribution is -2.11. The Morgan fingerprint density at radius 1 is 1.25 bits per heavy atom. The summed E-state index contributed by atoms with van der Waals surface area (Å²) in [6.07, 6.45) is 0. The van der Waals surface area contributed by atoms with Crippen LogP contribution in [0.15, 0.2) is 53.0 Å². The van der Waals surface area contributed by atoms with Gasteiger partial charge in [0.25, 0.3) is 5.91 Å². The monoisotopic (exact) mass is 330 g/mol. The highest BCUT2D eigenvalue weighted by Crippen LogP contribution is 2.18. The first-order valence-electron chi connectivity index (χ1n) is 5.86. The highest BCUT2D eigenvalue weighted by Gasteiger charge is 2.06. The number of hydrogen-bond donors (Lipinski definition) is 1. The normalized spacial score (nSPS) is 9.60. The fourth-order valence-electron chi connectivity index (χ4n) is 1.58. The van der Waals surface area contributed by atoms with E-state index in [1.165, 1.54) is 0 Å². The number of carbonyl (C=O) groups is 1. The Morgan fingerprint density at radius 2 is 2.00 bits per heavy atom. The lowest BCUT2D eigenvalue weighted by atomic mass is 10.2. The van der Waals surface area contributed by atoms with Crippen LogP contribution in [-0.2, 0) is 0 Å². The summed E-state index contributed by atoms with van der Waals surface area (Å²) >= 11 is 3.32. The van der Waals surface area contributed by atoms with E-state index < -0.39 is 0 Å². The molecule has 0 aromatic heterocycles. The van der Waals surface area contributed by atoms with Crippen LogP contribution < -0.4 is 10.1 Å². The van der Waals surface area contributed by atoms with Gasteiger partial charge < -0.3 is 10.1 Å². The largest absolute Gasteiger partial charge is 0.479 e. The lowest BCUT2D eigenvalue weighted by molar-refractivity contribution is 0.102. The van der Waals surface area contributed by atoms with E-state index in [0.717, 1.165) is 4.47 Å². The molecule has 1 N–H and O–H groups in total. The van der Waals surface area contributed by atoms with Crippen LogP contribution in [0.1, 0.15) is 10.4 Å². The standard InChI is InChI=1S/C15H11BrN2O2/c16-12-6-4-11(5-7-12)15(19)18-13-2-1-3-14(10-13)20-9-8-17/h1-7,10H,9H2,(H,18,19). The minimum Gasteiger partial charge on any atom is -0.479 e. The Hall–Kier alpha value is -2.32. The minimum atomic E-state index is -0.199. The van der Waals surface area contributed by atoms with E-state index in [4.69, 9.17) is 10.00 Å². The number of ether oxygens (including phenoxy) is 1. The van der Waals surface area contributed by atoms with Gasteiger partial charge in [0.1, 0.15) is 11.8 Å². The maximum Gasteiger partial charge on any atom is 0.255 e. The van der Waals surface area contributed by atoms with E-state index in [0.29, 0.717) is 17.0 Å². The maximum absolute atomic E-state index is 12.0. The summed E-state index contributed by atoms with van der Waals surface area (Å²) in [6.45, 7) is -0.0237. The summed E-state index contributed by atoms with van der Waals surface area (Å²) in [5, 5.41) is 11.2. The summed E-state index contributed by atoms with van der Waals surface area (Å²) < 4.78 is 6.10. The van der Waals surface area contributed by atoms with Crippen molar-refractivity contribution in [1.29, 1.82) is 5.26 Å². The molecule has 0 heterocycles. The second-order valence-electron chi connectivity index (χ2n) is 3.94. The molecular formula is C15H11BrN2O2. The van der Waals surface area contributed by atoms with Gasteiger partial charge in [-0.3, -0.25) is 4.79 Å². The van der Waals surface area contributed by atoms with E-state index in [1.807, 2.05) is 6.07 Å². The van der Waals surface area contributed by atoms with Crippen molar-refractivity contribution in [3.8, 4) is 11.8 Å². The molecule has 1 amide bonds. The number of benzene rings is 2. The molecule has 0 aliphatic carbocycles. The quantitative estimate of drug-likeness (QED) is 0.931. The van der Waals surface area contributed by atoms with Gasteiger partial charge in [0.2, 0.25) is 0 Å². The molecule has 4 nitrogen and oxygen atoms in total. The van der Waals surface area contributed by atoms with Crippen molar-refractivity contribution < 1.29 is 9.53 Å². The average Bonchev–Trinajstić information content (AvgIpc) is 2.46. The third-order valence-electron chi connectivity index (χ3n) is 2.50. The zero-order valence-electron chi connectivity index (χ0n) is 10.5. The molecule has 0 fully saturated rings. The Morgan fingerprint density at radius 3 is 2.70 bits per heavy atom. The van der Waals surface area contributed by atoms with Crippen molar-refractivity contribution in [2.45, 2.75) is 0 Å². The summed E-state index contributed by atoms with van der Waals surface area (Å²) in [6, 6.07) is 15.9. The van der Waals surface area contributed by atoms with Crippen LogP contribution in [0.25, 0.3) is 0 Å². The summed E-state index contributed by atoms with van der Waals surface area (Å²) in [7, 11) is 0. The average molecular weight is 331 g/mol. The molecule has 100 valence electrons. The number of amides is 1. The van der Waals surface area contributed by atoms with Crippen LogP contribution in [0.3, 0.4) is 0 Å². The van der Waals surface area contributed by atoms with Crippen LogP contribution in [0.5, 0.6) is 5.75 Å². The van der Waals surface area contributed by atoms with E-state index >= 15 is 0 Å². The Bertz CT molecular complexity index is 648. The number of hydrogen-bond acceptors (Lipinski definition) is 3. The maximum atomic E-state index is 12.0. The number of nitriles is 1. The molecule has 2 aromatic rings. The molecule has 20 heavy (non-hydrogen) atoms. The third-order valence-corrected chi connectivity index (χ3v) is 3.03. The van der Waals surface area contributed by atoms with Gasteiger partial charge in [0, 0.05) is 21.8 Å². The molecule has 0 aliphatic rings. The molecular weight excluding hydrogens is 320 g/mol. The first-order chi connectivity index (χ1) is 9.69. The van der Waals surface area contributed by atoms with Crippen molar-refractivity contribution in [1.82, 2.24) is 0 Å². The number of anilines is 1. The highest BCUT2D eigenvalue weighted by atomic mass is 79.9. The van der Waals surface area contributed by atoms with E-state index in [-0.39, 0.29) is 12.5 Å². The topological polar surface area (TPSA) is 62.1 Å². The van der Waals surface area contributed by atoms with Gasteiger partial charge in [0.15, 0.2) is 6.61 Å². The predicted molar refractivity (Wildman–Crippen MR) is 79.6 cm³/mol. The molecule has 0 saturated heterocycles. The van der Waals surface area contributed by atoms with Crippen LogP contribution in [-0.4, -0.2) is 12.5 Å². The van der Waals surface area contributed by atoms with Crippen molar-refractivity contribution in [2.75, 3.05) is 11.9 Å². The van der Waals surface area contributed by atoms with Crippen LogP contribution >= 0.6 is 15.9 Å². The molecule has 0 bridgehead atoms. The van der Waals surface area contributed by atoms with Gasteiger partial charge in [-0.15, -0.1) is 0 Å². The van der Waals surface area contributed by atoms with Crippen molar-refractivity contribution in [3.05, 3.63) is 58.6 Å². The SMILES string of the molecule is N#CCOc1cccc(NC(=O)c2ccc(Br)cc2)c1. The molecule has 2 aromatic carbocycles. The molecule has 0 radical (unpaired) electrons. The zero-order valence-corrected chi connectivity index (χ0v) is 12.1. The summed E-state index contributed by atoms with van der Waals surface area (Å²) in [5.41, 5.74) is 1.19. The molecule has 0 saturated carbocycles. The molecule has 0 spiro atoms. The van der Waals surface area contributed by atoms with Gasteiger partial charge in [-0.2, -0.15) is 5.26 Å². The second kappa shape index (κ2) is 6.73. The fourth-order valence-corrected chi connectivity index (χ4v) is 1.85. The van der Waals surface area contributed by atoms with Crippen molar-refractivity contribution >= 4 is 27.5 Å². The number of nitrogens with one attached hydrogen (secondary N) is 1. The molecule has 2 rings (SSSR count). The Balaban J connectivity index is 2.07. The van der Waals surface area contributed by atoms with Gasteiger partial charge in [-0.25, -0.2) is 0 Å². The van der Waals surface area contributed by atoms with Crippen LogP contribution in [0.2, 0.25) is 0 Å². The first-order valence-corrected chi connectivity index (χ1v) is 6.65. The van der Waals surface area contributed by atoms with Crippen molar-refractivity contribution in [3.63, 3.8) is 0 Å². The smallest absolute Gasteiger partial charge is 0.255 e. The number of carbonyl (C=O) groups excluding carboxylic acids is 1. The van der Waals surface area contributed by atoms with Crippen LogP contribution in [0, 0.1) is 11.3 Å².